The minimum absolute atomic E-state index is 0.105. The number of rotatable bonds is 5. The van der Waals surface area contributed by atoms with Gasteiger partial charge in [-0.3, -0.25) is 4.79 Å². The number of carbonyl (C=O) groups is 2. The van der Waals surface area contributed by atoms with Gasteiger partial charge in [-0.2, -0.15) is 0 Å². The summed E-state index contributed by atoms with van der Waals surface area (Å²) in [4.78, 5) is 31.1. The quantitative estimate of drug-likeness (QED) is 0.744. The zero-order valence-electron chi connectivity index (χ0n) is 16.1. The molecule has 6 heteroatoms. The molecule has 6 nitrogen and oxygen atoms in total. The molecular formula is C21H26N2O4. The van der Waals surface area contributed by atoms with Gasteiger partial charge in [-0.05, 0) is 38.8 Å². The van der Waals surface area contributed by atoms with E-state index in [2.05, 4.69) is 4.98 Å². The number of hydrogen-bond acceptors (Lipinski definition) is 5. The van der Waals surface area contributed by atoms with Crippen molar-refractivity contribution in [3.05, 3.63) is 41.8 Å². The topological polar surface area (TPSA) is 72.6 Å². The Morgan fingerprint density at radius 3 is 2.52 bits per heavy atom. The molecule has 1 saturated carbocycles. The zero-order chi connectivity index (χ0) is 19.4. The van der Waals surface area contributed by atoms with E-state index in [9.17, 15) is 9.59 Å². The Morgan fingerprint density at radius 1 is 1.19 bits per heavy atom. The summed E-state index contributed by atoms with van der Waals surface area (Å²) in [6, 6.07) is 9.57. The van der Waals surface area contributed by atoms with Crippen LogP contribution in [0.25, 0.3) is 11.5 Å². The molecule has 1 aliphatic rings. The number of carbonyl (C=O) groups excluding carboxylic acids is 2. The SMILES string of the molecule is Cc1oc(-c2ccccc2)nc1C(=O)O[C@@H](C)C(=O)N(C)C1CCCCC1. The Bertz CT molecular complexity index is 794. The number of likely N-dealkylation sites (N-methyl/N-ethyl adjacent to an activating group) is 1. The summed E-state index contributed by atoms with van der Waals surface area (Å²) in [5.74, 6) is -0.0894. The van der Waals surface area contributed by atoms with Crippen LogP contribution < -0.4 is 0 Å². The van der Waals surface area contributed by atoms with E-state index in [0.29, 0.717) is 11.7 Å². The maximum atomic E-state index is 12.6. The van der Waals surface area contributed by atoms with Crippen LogP contribution in [-0.2, 0) is 9.53 Å². The summed E-state index contributed by atoms with van der Waals surface area (Å²) in [5, 5.41) is 0. The van der Waals surface area contributed by atoms with Gasteiger partial charge >= 0.3 is 5.97 Å². The smallest absolute Gasteiger partial charge is 0.361 e. The fourth-order valence-electron chi connectivity index (χ4n) is 3.49. The Balaban J connectivity index is 1.66. The van der Waals surface area contributed by atoms with Crippen LogP contribution in [0.5, 0.6) is 0 Å². The third kappa shape index (κ3) is 4.38. The summed E-state index contributed by atoms with van der Waals surface area (Å²) in [5.41, 5.74) is 0.884. The van der Waals surface area contributed by atoms with Crippen LogP contribution in [0, 0.1) is 6.92 Å². The minimum Gasteiger partial charge on any atom is -0.448 e. The number of oxazole rings is 1. The van der Waals surface area contributed by atoms with Crippen molar-refractivity contribution in [3.63, 3.8) is 0 Å². The summed E-state index contributed by atoms with van der Waals surface area (Å²) < 4.78 is 11.0. The fraction of sp³-hybridized carbons (Fsp3) is 0.476. The Kier molecular flexibility index (Phi) is 5.94. The lowest BCUT2D eigenvalue weighted by Gasteiger charge is -2.32. The highest BCUT2D eigenvalue weighted by Crippen LogP contribution is 2.24. The van der Waals surface area contributed by atoms with Crippen molar-refractivity contribution in [3.8, 4) is 11.5 Å². The second-order valence-corrected chi connectivity index (χ2v) is 7.08. The maximum absolute atomic E-state index is 12.6. The summed E-state index contributed by atoms with van der Waals surface area (Å²) in [7, 11) is 1.79. The Labute approximate surface area is 159 Å². The van der Waals surface area contributed by atoms with Gasteiger partial charge in [0.25, 0.3) is 5.91 Å². The van der Waals surface area contributed by atoms with Crippen molar-refractivity contribution in [2.24, 2.45) is 0 Å². The first-order valence-electron chi connectivity index (χ1n) is 9.48. The molecule has 1 atom stereocenters. The molecule has 0 saturated heterocycles. The van der Waals surface area contributed by atoms with Crippen LogP contribution in [0.2, 0.25) is 0 Å². The summed E-state index contributed by atoms with van der Waals surface area (Å²) in [6.07, 6.45) is 4.64. The van der Waals surface area contributed by atoms with E-state index in [4.69, 9.17) is 9.15 Å². The molecule has 1 aliphatic carbocycles. The third-order valence-electron chi connectivity index (χ3n) is 5.11. The van der Waals surface area contributed by atoms with Gasteiger partial charge in [-0.15, -0.1) is 0 Å². The van der Waals surface area contributed by atoms with Crippen molar-refractivity contribution in [1.82, 2.24) is 9.88 Å². The molecule has 0 radical (unpaired) electrons. The number of hydrogen-bond donors (Lipinski definition) is 0. The van der Waals surface area contributed by atoms with E-state index < -0.39 is 12.1 Å². The first-order chi connectivity index (χ1) is 13.0. The van der Waals surface area contributed by atoms with Gasteiger partial charge in [0, 0.05) is 18.7 Å². The molecule has 1 amide bonds. The van der Waals surface area contributed by atoms with Crippen molar-refractivity contribution < 1.29 is 18.7 Å². The summed E-state index contributed by atoms with van der Waals surface area (Å²) >= 11 is 0. The van der Waals surface area contributed by atoms with E-state index in [1.807, 2.05) is 30.3 Å². The molecule has 1 heterocycles. The molecule has 0 aliphatic heterocycles. The third-order valence-corrected chi connectivity index (χ3v) is 5.11. The van der Waals surface area contributed by atoms with Gasteiger partial charge < -0.3 is 14.1 Å². The predicted octanol–water partition coefficient (Wildman–Crippen LogP) is 3.99. The molecule has 0 bridgehead atoms. The molecule has 144 valence electrons. The number of benzene rings is 1. The number of aromatic nitrogens is 1. The van der Waals surface area contributed by atoms with Crippen LogP contribution in [0.3, 0.4) is 0 Å². The molecule has 1 fully saturated rings. The largest absolute Gasteiger partial charge is 0.448 e. The van der Waals surface area contributed by atoms with Crippen molar-refractivity contribution >= 4 is 11.9 Å². The van der Waals surface area contributed by atoms with Crippen molar-refractivity contribution in [2.75, 3.05) is 7.05 Å². The first-order valence-corrected chi connectivity index (χ1v) is 9.48. The van der Waals surface area contributed by atoms with Gasteiger partial charge in [0.1, 0.15) is 5.76 Å². The lowest BCUT2D eigenvalue weighted by Crippen LogP contribution is -2.44. The molecule has 0 unspecified atom stereocenters. The van der Waals surface area contributed by atoms with Gasteiger partial charge in [0.05, 0.1) is 0 Å². The first kappa shape index (κ1) is 19.1. The fourth-order valence-corrected chi connectivity index (χ4v) is 3.49. The predicted molar refractivity (Wildman–Crippen MR) is 101 cm³/mol. The Hall–Kier alpha value is -2.63. The lowest BCUT2D eigenvalue weighted by molar-refractivity contribution is -0.141. The second kappa shape index (κ2) is 8.37. The molecule has 3 rings (SSSR count). The highest BCUT2D eigenvalue weighted by Gasteiger charge is 2.29. The number of nitrogens with zero attached hydrogens (tertiary/aromatic N) is 2. The van der Waals surface area contributed by atoms with Crippen molar-refractivity contribution in [1.29, 1.82) is 0 Å². The van der Waals surface area contributed by atoms with Gasteiger partial charge in [-0.25, -0.2) is 9.78 Å². The highest BCUT2D eigenvalue weighted by atomic mass is 16.5. The number of ether oxygens (including phenoxy) is 1. The van der Waals surface area contributed by atoms with Crippen LogP contribution in [0.15, 0.2) is 34.7 Å². The minimum atomic E-state index is -0.860. The Morgan fingerprint density at radius 2 is 1.85 bits per heavy atom. The molecule has 27 heavy (non-hydrogen) atoms. The van der Waals surface area contributed by atoms with E-state index in [0.717, 1.165) is 31.2 Å². The lowest BCUT2D eigenvalue weighted by atomic mass is 9.94. The molecular weight excluding hydrogens is 344 g/mol. The zero-order valence-corrected chi connectivity index (χ0v) is 16.1. The van der Waals surface area contributed by atoms with E-state index >= 15 is 0 Å². The number of aryl methyl sites for hydroxylation is 1. The summed E-state index contributed by atoms with van der Waals surface area (Å²) in [6.45, 7) is 3.27. The highest BCUT2D eigenvalue weighted by molar-refractivity contribution is 5.91. The molecule has 1 aromatic carbocycles. The van der Waals surface area contributed by atoms with Crippen LogP contribution in [0.4, 0.5) is 0 Å². The van der Waals surface area contributed by atoms with Gasteiger partial charge in [0.2, 0.25) is 5.89 Å². The van der Waals surface area contributed by atoms with E-state index in [1.165, 1.54) is 6.42 Å². The molecule has 0 spiro atoms. The number of esters is 1. The normalized spacial score (nSPS) is 16.0. The molecule has 0 N–H and O–H groups in total. The monoisotopic (exact) mass is 370 g/mol. The molecule has 1 aromatic heterocycles. The molecule has 2 aromatic rings. The van der Waals surface area contributed by atoms with Crippen LogP contribution in [0.1, 0.15) is 55.3 Å². The average molecular weight is 370 g/mol. The van der Waals surface area contributed by atoms with E-state index in [1.54, 1.807) is 25.8 Å². The van der Waals surface area contributed by atoms with Crippen molar-refractivity contribution in [2.45, 2.75) is 58.1 Å². The standard InChI is InChI=1S/C21H26N2O4/c1-14-18(22-19(26-14)16-10-6-4-7-11-16)21(25)27-15(2)20(24)23(3)17-12-8-5-9-13-17/h4,6-7,10-11,15,17H,5,8-9,12-13H2,1-3H3/t15-/m0/s1. The van der Waals surface area contributed by atoms with Gasteiger partial charge in [-0.1, -0.05) is 37.5 Å². The maximum Gasteiger partial charge on any atom is 0.361 e. The average Bonchev–Trinajstić information content (AvgIpc) is 3.10. The number of amides is 1. The van der Waals surface area contributed by atoms with Crippen LogP contribution in [-0.4, -0.2) is 41.0 Å². The van der Waals surface area contributed by atoms with E-state index in [-0.39, 0.29) is 17.6 Å². The van der Waals surface area contributed by atoms with Gasteiger partial charge in [0.15, 0.2) is 11.8 Å². The second-order valence-electron chi connectivity index (χ2n) is 7.08. The van der Waals surface area contributed by atoms with Crippen LogP contribution >= 0.6 is 0 Å².